The molecule has 0 bridgehead atoms. The van der Waals surface area contributed by atoms with Gasteiger partial charge in [0, 0.05) is 33.0 Å². The lowest BCUT2D eigenvalue weighted by Crippen LogP contribution is -2.29. The minimum absolute atomic E-state index is 0.241. The Hall–Kier alpha value is -2.00. The van der Waals surface area contributed by atoms with Crippen molar-refractivity contribution in [2.45, 2.75) is 52.9 Å². The summed E-state index contributed by atoms with van der Waals surface area (Å²) in [5.41, 5.74) is 3.63. The highest BCUT2D eigenvalue weighted by atomic mass is 127. The third-order valence-corrected chi connectivity index (χ3v) is 6.03. The molecule has 0 aliphatic heterocycles. The largest absolute Gasteiger partial charge is 0.467 e. The number of fused-ring (bicyclic) bond motifs is 1. The highest BCUT2D eigenvalue weighted by Gasteiger charge is 2.32. The van der Waals surface area contributed by atoms with Gasteiger partial charge in [-0.25, -0.2) is 14.2 Å². The van der Waals surface area contributed by atoms with Gasteiger partial charge in [-0.2, -0.15) is 0 Å². The van der Waals surface area contributed by atoms with Gasteiger partial charge < -0.3 is 14.0 Å². The molecule has 0 aliphatic rings. The number of nitrogens with zero attached hydrogens (tertiary/aromatic N) is 2. The SMILES string of the molecule is COC(=O)[C@@H](OC(C)(C)C)c1c(C)nc2c(ccn2Cc2ccc(F)cc2C)c1I. The van der Waals surface area contributed by atoms with Crippen molar-refractivity contribution in [3.05, 3.63) is 62.2 Å². The van der Waals surface area contributed by atoms with Gasteiger partial charge in [-0.3, -0.25) is 0 Å². The number of carbonyl (C=O) groups is 1. The molecular weight excluding hydrogens is 498 g/mol. The topological polar surface area (TPSA) is 53.4 Å². The second-order valence-electron chi connectivity index (χ2n) is 8.31. The third kappa shape index (κ3) is 4.67. The third-order valence-electron chi connectivity index (χ3n) is 4.86. The monoisotopic (exact) mass is 524 g/mol. The zero-order chi connectivity index (χ0) is 22.2. The molecule has 3 rings (SSSR count). The Balaban J connectivity index is 2.09. The first kappa shape index (κ1) is 22.7. The normalized spacial score (nSPS) is 12.9. The maximum Gasteiger partial charge on any atom is 0.339 e. The summed E-state index contributed by atoms with van der Waals surface area (Å²) in [5, 5.41) is 0.933. The summed E-state index contributed by atoms with van der Waals surface area (Å²) in [4.78, 5) is 17.3. The van der Waals surface area contributed by atoms with E-state index in [4.69, 9.17) is 14.5 Å². The molecular formula is C23H26FIN2O3. The molecule has 1 aromatic carbocycles. The van der Waals surface area contributed by atoms with Gasteiger partial charge in [0.2, 0.25) is 0 Å². The summed E-state index contributed by atoms with van der Waals surface area (Å²) in [7, 11) is 1.36. The van der Waals surface area contributed by atoms with Crippen LogP contribution in [0.1, 0.15) is 49.3 Å². The van der Waals surface area contributed by atoms with Crippen molar-refractivity contribution in [3.63, 3.8) is 0 Å². The minimum atomic E-state index is -0.860. The number of rotatable bonds is 5. The fourth-order valence-electron chi connectivity index (χ4n) is 3.42. The van der Waals surface area contributed by atoms with Crippen molar-refractivity contribution in [2.24, 2.45) is 0 Å². The lowest BCUT2D eigenvalue weighted by atomic mass is 10.0. The first-order chi connectivity index (χ1) is 14.0. The molecule has 5 nitrogen and oxygen atoms in total. The van der Waals surface area contributed by atoms with Gasteiger partial charge in [0.25, 0.3) is 0 Å². The first-order valence-corrected chi connectivity index (χ1v) is 10.7. The van der Waals surface area contributed by atoms with Crippen molar-refractivity contribution in [3.8, 4) is 0 Å². The average Bonchev–Trinajstić information content (AvgIpc) is 3.04. The van der Waals surface area contributed by atoms with Crippen LogP contribution in [-0.2, 0) is 20.8 Å². The Morgan fingerprint density at radius 1 is 1.27 bits per heavy atom. The van der Waals surface area contributed by atoms with Crippen molar-refractivity contribution in [1.82, 2.24) is 9.55 Å². The van der Waals surface area contributed by atoms with Crippen LogP contribution >= 0.6 is 22.6 Å². The molecule has 7 heteroatoms. The maximum absolute atomic E-state index is 13.4. The van der Waals surface area contributed by atoms with E-state index in [1.165, 1.54) is 19.2 Å². The van der Waals surface area contributed by atoms with Crippen LogP contribution in [0.3, 0.4) is 0 Å². The Morgan fingerprint density at radius 2 is 1.97 bits per heavy atom. The number of esters is 1. The van der Waals surface area contributed by atoms with Crippen LogP contribution in [0.4, 0.5) is 4.39 Å². The van der Waals surface area contributed by atoms with Crippen molar-refractivity contribution < 1.29 is 18.7 Å². The summed E-state index contributed by atoms with van der Waals surface area (Å²) in [6.07, 6.45) is 1.10. The Morgan fingerprint density at radius 3 is 2.57 bits per heavy atom. The molecule has 0 saturated carbocycles. The highest BCUT2D eigenvalue weighted by molar-refractivity contribution is 14.1. The molecule has 0 radical (unpaired) electrons. The lowest BCUT2D eigenvalue weighted by molar-refractivity contribution is -0.164. The van der Waals surface area contributed by atoms with E-state index in [9.17, 15) is 9.18 Å². The molecule has 0 aliphatic carbocycles. The average molecular weight is 524 g/mol. The number of halogens is 2. The fourth-order valence-corrected chi connectivity index (χ4v) is 4.52. The van der Waals surface area contributed by atoms with Crippen molar-refractivity contribution in [2.75, 3.05) is 7.11 Å². The van der Waals surface area contributed by atoms with Gasteiger partial charge in [-0.05, 0) is 86.5 Å². The summed E-state index contributed by atoms with van der Waals surface area (Å²) in [5.74, 6) is -0.692. The zero-order valence-corrected chi connectivity index (χ0v) is 20.2. The maximum atomic E-state index is 13.4. The Bertz CT molecular complexity index is 1100. The van der Waals surface area contributed by atoms with Gasteiger partial charge in [0.15, 0.2) is 6.10 Å². The van der Waals surface area contributed by atoms with Gasteiger partial charge in [0.1, 0.15) is 11.5 Å². The van der Waals surface area contributed by atoms with Crippen molar-refractivity contribution >= 4 is 39.6 Å². The number of aryl methyl sites for hydroxylation is 2. The Kier molecular flexibility index (Phi) is 6.52. The summed E-state index contributed by atoms with van der Waals surface area (Å²) in [6.45, 7) is 10.1. The predicted octanol–water partition coefficient (Wildman–Crippen LogP) is 5.47. The van der Waals surface area contributed by atoms with Crippen LogP contribution in [0.2, 0.25) is 0 Å². The zero-order valence-electron chi connectivity index (χ0n) is 18.0. The quantitative estimate of drug-likeness (QED) is 0.328. The second kappa shape index (κ2) is 8.63. The predicted molar refractivity (Wildman–Crippen MR) is 123 cm³/mol. The smallest absolute Gasteiger partial charge is 0.339 e. The molecule has 1 atom stereocenters. The first-order valence-electron chi connectivity index (χ1n) is 9.67. The van der Waals surface area contributed by atoms with E-state index < -0.39 is 17.7 Å². The van der Waals surface area contributed by atoms with Crippen LogP contribution in [0.25, 0.3) is 11.0 Å². The molecule has 3 aromatic rings. The lowest BCUT2D eigenvalue weighted by Gasteiger charge is -2.27. The van der Waals surface area contributed by atoms with Crippen LogP contribution in [0, 0.1) is 23.2 Å². The second-order valence-corrected chi connectivity index (χ2v) is 9.39. The number of hydrogen-bond acceptors (Lipinski definition) is 4. The number of ether oxygens (including phenoxy) is 2. The van der Waals surface area contributed by atoms with Crippen molar-refractivity contribution in [1.29, 1.82) is 0 Å². The van der Waals surface area contributed by atoms with Gasteiger partial charge in [-0.15, -0.1) is 0 Å². The molecule has 0 spiro atoms. The molecule has 160 valence electrons. The molecule has 2 aromatic heterocycles. The number of aromatic nitrogens is 2. The molecule has 0 amide bonds. The van der Waals surface area contributed by atoms with Crippen LogP contribution in [0.5, 0.6) is 0 Å². The molecule has 0 N–H and O–H groups in total. The molecule has 0 unspecified atom stereocenters. The van der Waals surface area contributed by atoms with Gasteiger partial charge in [-0.1, -0.05) is 6.07 Å². The number of benzene rings is 1. The number of hydrogen-bond donors (Lipinski definition) is 0. The minimum Gasteiger partial charge on any atom is -0.467 e. The van der Waals surface area contributed by atoms with E-state index in [-0.39, 0.29) is 5.82 Å². The van der Waals surface area contributed by atoms with E-state index in [0.29, 0.717) is 12.2 Å². The van der Waals surface area contributed by atoms with E-state index >= 15 is 0 Å². The van der Waals surface area contributed by atoms with E-state index in [1.54, 1.807) is 6.07 Å². The highest BCUT2D eigenvalue weighted by Crippen LogP contribution is 2.35. The summed E-state index contributed by atoms with van der Waals surface area (Å²) in [6, 6.07) is 6.79. The van der Waals surface area contributed by atoms with E-state index in [1.807, 2.05) is 51.4 Å². The molecule has 0 saturated heterocycles. The van der Waals surface area contributed by atoms with E-state index in [2.05, 4.69) is 22.6 Å². The van der Waals surface area contributed by atoms with Gasteiger partial charge in [0.05, 0.1) is 12.7 Å². The fraction of sp³-hybridized carbons (Fsp3) is 0.391. The summed E-state index contributed by atoms with van der Waals surface area (Å²) < 4.78 is 27.5. The summed E-state index contributed by atoms with van der Waals surface area (Å²) >= 11 is 2.25. The number of pyridine rings is 1. The Labute approximate surface area is 189 Å². The number of methoxy groups -OCH3 is 1. The van der Waals surface area contributed by atoms with Crippen LogP contribution in [-0.4, -0.2) is 28.2 Å². The van der Waals surface area contributed by atoms with Gasteiger partial charge >= 0.3 is 5.97 Å². The van der Waals surface area contributed by atoms with Crippen LogP contribution in [0.15, 0.2) is 30.5 Å². The van der Waals surface area contributed by atoms with Crippen LogP contribution < -0.4 is 0 Å². The molecule has 2 heterocycles. The molecule has 0 fully saturated rings. The molecule has 30 heavy (non-hydrogen) atoms. The standard InChI is InChI=1S/C23H26FIN2O3/c1-13-11-16(24)8-7-15(13)12-27-10-9-17-19(25)18(14(2)26-21(17)27)20(22(28)29-6)30-23(3,4)5/h7-11,20H,12H2,1-6H3/t20-/m0/s1. The van der Waals surface area contributed by atoms with E-state index in [0.717, 1.165) is 31.3 Å². The number of carbonyl (C=O) groups excluding carboxylic acids is 1.